The first-order valence-electron chi connectivity index (χ1n) is 8.39. The van der Waals surface area contributed by atoms with Crippen molar-refractivity contribution in [2.24, 2.45) is 0 Å². The van der Waals surface area contributed by atoms with Crippen LogP contribution in [0.5, 0.6) is 0 Å². The van der Waals surface area contributed by atoms with E-state index in [4.69, 9.17) is 4.42 Å². The minimum Gasteiger partial charge on any atom is -0.444 e. The Kier molecular flexibility index (Phi) is 4.70. The smallest absolute Gasteiger partial charge is 0.239 e. The minimum atomic E-state index is -3.00. The number of amides is 1. The first-order chi connectivity index (χ1) is 11.3. The Labute approximate surface area is 142 Å². The van der Waals surface area contributed by atoms with Gasteiger partial charge in [0.1, 0.15) is 5.76 Å². The number of hydrogen-bond donors (Lipinski definition) is 0. The molecule has 7 nitrogen and oxygen atoms in total. The molecule has 24 heavy (non-hydrogen) atoms. The third-order valence-electron chi connectivity index (χ3n) is 5.06. The van der Waals surface area contributed by atoms with Gasteiger partial charge in [-0.2, -0.15) is 0 Å². The highest BCUT2D eigenvalue weighted by Gasteiger charge is 2.35. The van der Waals surface area contributed by atoms with Gasteiger partial charge in [0.25, 0.3) is 0 Å². The highest BCUT2D eigenvalue weighted by atomic mass is 32.2. The van der Waals surface area contributed by atoms with Crippen LogP contribution in [0.25, 0.3) is 0 Å². The van der Waals surface area contributed by atoms with Crippen LogP contribution in [0.4, 0.5) is 0 Å². The van der Waals surface area contributed by atoms with Gasteiger partial charge in [-0.25, -0.2) is 13.4 Å². The molecule has 1 aliphatic heterocycles. The second-order valence-corrected chi connectivity index (χ2v) is 9.26. The van der Waals surface area contributed by atoms with Gasteiger partial charge in [-0.1, -0.05) is 0 Å². The fourth-order valence-corrected chi connectivity index (χ4v) is 4.82. The van der Waals surface area contributed by atoms with Crippen LogP contribution in [0.1, 0.15) is 43.8 Å². The lowest BCUT2D eigenvalue weighted by Gasteiger charge is -2.30. The number of sulfone groups is 1. The van der Waals surface area contributed by atoms with Crippen LogP contribution in [-0.2, 0) is 21.2 Å². The molecular weight excluding hydrogens is 330 g/mol. The molecule has 3 rings (SSSR count). The third-order valence-corrected chi connectivity index (χ3v) is 6.81. The molecule has 8 heteroatoms. The molecule has 1 amide bonds. The summed E-state index contributed by atoms with van der Waals surface area (Å²) in [6.45, 7) is 2.28. The van der Waals surface area contributed by atoms with Crippen molar-refractivity contribution in [2.45, 2.75) is 50.7 Å². The molecular formula is C16H25N3O4S. The number of rotatable bonds is 6. The number of likely N-dealkylation sites (N-methyl/N-ethyl adjacent to an activating group) is 2. The summed E-state index contributed by atoms with van der Waals surface area (Å²) in [7, 11) is 0.538. The maximum absolute atomic E-state index is 12.6. The van der Waals surface area contributed by atoms with Gasteiger partial charge in [0.15, 0.2) is 9.84 Å². The third kappa shape index (κ3) is 3.80. The minimum absolute atomic E-state index is 0.0656. The molecule has 1 saturated carbocycles. The van der Waals surface area contributed by atoms with E-state index in [0.717, 1.165) is 18.6 Å². The SMILES string of the molecule is C[C@@H](C(=O)N(C)[C@H]1CCS(=O)(=O)C1)N(C)Cc1ncc(C2CC2)o1. The van der Waals surface area contributed by atoms with Crippen LogP contribution in [0, 0.1) is 0 Å². The van der Waals surface area contributed by atoms with Crippen LogP contribution in [0.15, 0.2) is 10.6 Å². The van der Waals surface area contributed by atoms with Gasteiger partial charge in [0.2, 0.25) is 11.8 Å². The molecule has 0 aromatic carbocycles. The lowest BCUT2D eigenvalue weighted by Crippen LogP contribution is -2.48. The fraction of sp³-hybridized carbons (Fsp3) is 0.750. The van der Waals surface area contributed by atoms with Crippen LogP contribution < -0.4 is 0 Å². The van der Waals surface area contributed by atoms with Crippen molar-refractivity contribution < 1.29 is 17.6 Å². The molecule has 0 spiro atoms. The standard InChI is InChI=1S/C16H25N3O4S/c1-11(16(20)19(3)13-6-7-24(21,22)10-13)18(2)9-15-17-8-14(23-15)12-4-5-12/h8,11-13H,4-7,9-10H2,1-3H3/t11-,13-/m0/s1. The van der Waals surface area contributed by atoms with E-state index in [0.29, 0.717) is 24.8 Å². The van der Waals surface area contributed by atoms with E-state index in [1.807, 2.05) is 18.9 Å². The van der Waals surface area contributed by atoms with Crippen LogP contribution >= 0.6 is 0 Å². The highest BCUT2D eigenvalue weighted by molar-refractivity contribution is 7.91. The maximum atomic E-state index is 12.6. The summed E-state index contributed by atoms with van der Waals surface area (Å²) in [5.41, 5.74) is 0. The van der Waals surface area contributed by atoms with E-state index in [2.05, 4.69) is 4.98 Å². The van der Waals surface area contributed by atoms with Gasteiger partial charge in [-0.05, 0) is 33.2 Å². The zero-order valence-corrected chi connectivity index (χ0v) is 15.3. The molecule has 1 aliphatic carbocycles. The summed E-state index contributed by atoms with van der Waals surface area (Å²) in [5.74, 6) is 2.23. The first-order valence-corrected chi connectivity index (χ1v) is 10.2. The Morgan fingerprint density at radius 1 is 1.38 bits per heavy atom. The second-order valence-electron chi connectivity index (χ2n) is 7.03. The van der Waals surface area contributed by atoms with Gasteiger partial charge in [-0.3, -0.25) is 9.69 Å². The first kappa shape index (κ1) is 17.4. The molecule has 2 atom stereocenters. The second kappa shape index (κ2) is 6.48. The van der Waals surface area contributed by atoms with Crippen LogP contribution in [0.2, 0.25) is 0 Å². The average Bonchev–Trinajstić information content (AvgIpc) is 3.18. The molecule has 0 N–H and O–H groups in total. The lowest BCUT2D eigenvalue weighted by atomic mass is 10.2. The van der Waals surface area contributed by atoms with E-state index >= 15 is 0 Å². The highest BCUT2D eigenvalue weighted by Crippen LogP contribution is 2.40. The number of aromatic nitrogens is 1. The number of nitrogens with zero attached hydrogens (tertiary/aromatic N) is 3. The number of carbonyl (C=O) groups excluding carboxylic acids is 1. The number of oxazole rings is 1. The van der Waals surface area contributed by atoms with E-state index in [1.54, 1.807) is 18.1 Å². The lowest BCUT2D eigenvalue weighted by molar-refractivity contribution is -0.136. The zero-order valence-electron chi connectivity index (χ0n) is 14.4. The summed E-state index contributed by atoms with van der Waals surface area (Å²) in [5, 5.41) is 0. The van der Waals surface area contributed by atoms with Crippen molar-refractivity contribution in [2.75, 3.05) is 25.6 Å². The molecule has 134 valence electrons. The fourth-order valence-electron chi connectivity index (χ4n) is 3.05. The Morgan fingerprint density at radius 3 is 2.67 bits per heavy atom. The van der Waals surface area contributed by atoms with Gasteiger partial charge < -0.3 is 9.32 Å². The Morgan fingerprint density at radius 2 is 2.08 bits per heavy atom. The van der Waals surface area contributed by atoms with E-state index < -0.39 is 9.84 Å². The van der Waals surface area contributed by atoms with E-state index in [9.17, 15) is 13.2 Å². The molecule has 0 unspecified atom stereocenters. The van der Waals surface area contributed by atoms with Crippen molar-refractivity contribution in [3.05, 3.63) is 17.8 Å². The van der Waals surface area contributed by atoms with Gasteiger partial charge in [0.05, 0.1) is 30.3 Å². The summed E-state index contributed by atoms with van der Waals surface area (Å²) in [4.78, 5) is 20.4. The van der Waals surface area contributed by atoms with Crippen molar-refractivity contribution in [3.8, 4) is 0 Å². The Balaban J connectivity index is 1.57. The monoisotopic (exact) mass is 355 g/mol. The summed E-state index contributed by atoms with van der Waals surface area (Å²) in [6.07, 6.45) is 4.62. The van der Waals surface area contributed by atoms with Gasteiger partial charge in [0, 0.05) is 19.0 Å². The van der Waals surface area contributed by atoms with Crippen molar-refractivity contribution in [1.29, 1.82) is 0 Å². The Hall–Kier alpha value is -1.41. The van der Waals surface area contributed by atoms with Crippen LogP contribution in [0.3, 0.4) is 0 Å². The van der Waals surface area contributed by atoms with Crippen molar-refractivity contribution in [3.63, 3.8) is 0 Å². The molecule has 2 heterocycles. The average molecular weight is 355 g/mol. The quantitative estimate of drug-likeness (QED) is 0.757. The normalized spacial score (nSPS) is 24.2. The largest absolute Gasteiger partial charge is 0.444 e. The molecule has 1 aromatic rings. The van der Waals surface area contributed by atoms with Crippen molar-refractivity contribution in [1.82, 2.24) is 14.8 Å². The molecule has 0 bridgehead atoms. The van der Waals surface area contributed by atoms with E-state index in [-0.39, 0.29) is 29.5 Å². The van der Waals surface area contributed by atoms with Crippen LogP contribution in [-0.4, -0.2) is 66.8 Å². The summed E-state index contributed by atoms with van der Waals surface area (Å²) < 4.78 is 29.0. The number of carbonyl (C=O) groups is 1. The Bertz CT molecular complexity index is 711. The van der Waals surface area contributed by atoms with Gasteiger partial charge in [-0.15, -0.1) is 0 Å². The molecule has 0 radical (unpaired) electrons. The topological polar surface area (TPSA) is 83.7 Å². The molecule has 2 aliphatic rings. The predicted octanol–water partition coefficient (Wildman–Crippen LogP) is 1.02. The maximum Gasteiger partial charge on any atom is 0.239 e. The summed E-state index contributed by atoms with van der Waals surface area (Å²) in [6, 6.07) is -0.587. The molecule has 1 aromatic heterocycles. The zero-order chi connectivity index (χ0) is 17.5. The summed E-state index contributed by atoms with van der Waals surface area (Å²) >= 11 is 0. The van der Waals surface area contributed by atoms with E-state index in [1.165, 1.54) is 0 Å². The molecule has 1 saturated heterocycles. The number of hydrogen-bond acceptors (Lipinski definition) is 6. The van der Waals surface area contributed by atoms with Crippen molar-refractivity contribution >= 4 is 15.7 Å². The van der Waals surface area contributed by atoms with Gasteiger partial charge >= 0.3 is 0 Å². The molecule has 2 fully saturated rings. The predicted molar refractivity (Wildman–Crippen MR) is 89.2 cm³/mol.